The van der Waals surface area contributed by atoms with Gasteiger partial charge in [0, 0.05) is 12.6 Å². The molecular weight excluding hydrogens is 240 g/mol. The Balaban J connectivity index is 2.78. The van der Waals surface area contributed by atoms with Crippen molar-refractivity contribution < 1.29 is 9.90 Å². The lowest BCUT2D eigenvalue weighted by molar-refractivity contribution is -0.139. The second-order valence-electron chi connectivity index (χ2n) is 4.62. The first-order chi connectivity index (χ1) is 9.10. The van der Waals surface area contributed by atoms with Crippen LogP contribution in [0.4, 0.5) is 0 Å². The molecule has 0 heterocycles. The summed E-state index contributed by atoms with van der Waals surface area (Å²) in [7, 11) is 0. The lowest BCUT2D eigenvalue weighted by Gasteiger charge is -2.31. The molecule has 1 rings (SSSR count). The van der Waals surface area contributed by atoms with Crippen LogP contribution in [-0.2, 0) is 4.79 Å². The first-order valence-corrected chi connectivity index (χ1v) is 6.85. The zero-order valence-electron chi connectivity index (χ0n) is 12.0. The number of nitrogens with one attached hydrogen (secondary N) is 1. The fraction of sp³-hybridized carbons (Fsp3) is 0.533. The van der Waals surface area contributed by atoms with E-state index in [4.69, 9.17) is 5.11 Å². The topological polar surface area (TPSA) is 52.6 Å². The Morgan fingerprint density at radius 3 is 2.32 bits per heavy atom. The summed E-state index contributed by atoms with van der Waals surface area (Å²) in [5.41, 5.74) is 1.22. The van der Waals surface area contributed by atoms with Crippen molar-refractivity contribution in [3.63, 3.8) is 0 Å². The predicted octanol–water partition coefficient (Wildman–Crippen LogP) is 2.13. The van der Waals surface area contributed by atoms with E-state index in [1.165, 1.54) is 5.56 Å². The molecule has 1 aromatic carbocycles. The molecule has 0 saturated heterocycles. The van der Waals surface area contributed by atoms with E-state index in [2.05, 4.69) is 36.2 Å². The van der Waals surface area contributed by atoms with Crippen molar-refractivity contribution in [3.8, 4) is 0 Å². The highest BCUT2D eigenvalue weighted by Crippen LogP contribution is 2.19. The molecule has 0 bridgehead atoms. The van der Waals surface area contributed by atoms with Crippen LogP contribution < -0.4 is 5.32 Å². The number of carboxylic acids is 1. The van der Waals surface area contributed by atoms with Gasteiger partial charge in [0.05, 0.1) is 0 Å². The second kappa shape index (κ2) is 7.92. The van der Waals surface area contributed by atoms with E-state index in [1.807, 2.05) is 18.2 Å². The van der Waals surface area contributed by atoms with Crippen molar-refractivity contribution in [1.82, 2.24) is 10.2 Å². The van der Waals surface area contributed by atoms with Crippen molar-refractivity contribution in [1.29, 1.82) is 0 Å². The predicted molar refractivity (Wildman–Crippen MR) is 77.2 cm³/mol. The summed E-state index contributed by atoms with van der Waals surface area (Å²) < 4.78 is 0. The third-order valence-electron chi connectivity index (χ3n) is 3.43. The Labute approximate surface area is 115 Å². The average molecular weight is 264 g/mol. The van der Waals surface area contributed by atoms with E-state index in [9.17, 15) is 4.79 Å². The zero-order chi connectivity index (χ0) is 14.3. The highest BCUT2D eigenvalue weighted by Gasteiger charge is 2.19. The highest BCUT2D eigenvalue weighted by molar-refractivity contribution is 5.72. The van der Waals surface area contributed by atoms with Crippen LogP contribution >= 0.6 is 0 Å². The molecule has 0 aliphatic carbocycles. The van der Waals surface area contributed by atoms with Gasteiger partial charge in [-0.1, -0.05) is 44.2 Å². The molecule has 2 N–H and O–H groups in total. The van der Waals surface area contributed by atoms with Crippen molar-refractivity contribution in [2.24, 2.45) is 0 Å². The van der Waals surface area contributed by atoms with Crippen LogP contribution in [0.2, 0.25) is 0 Å². The third kappa shape index (κ3) is 4.65. The Bertz CT molecular complexity index is 377. The van der Waals surface area contributed by atoms with Crippen LogP contribution in [0.5, 0.6) is 0 Å². The Morgan fingerprint density at radius 1 is 1.26 bits per heavy atom. The minimum Gasteiger partial charge on any atom is -0.480 e. The molecule has 4 nitrogen and oxygen atoms in total. The highest BCUT2D eigenvalue weighted by atomic mass is 16.4. The molecule has 0 radical (unpaired) electrons. The SMILES string of the molecule is CCN(CC)C(CNC(C)C(=O)O)c1ccccc1. The first-order valence-electron chi connectivity index (χ1n) is 6.85. The molecule has 2 unspecified atom stereocenters. The number of aliphatic carboxylic acids is 1. The zero-order valence-corrected chi connectivity index (χ0v) is 12.0. The molecular formula is C15H24N2O2. The van der Waals surface area contributed by atoms with Gasteiger partial charge in [0.15, 0.2) is 0 Å². The molecule has 0 aliphatic rings. The molecule has 0 spiro atoms. The lowest BCUT2D eigenvalue weighted by Crippen LogP contribution is -2.41. The maximum absolute atomic E-state index is 10.9. The number of rotatable bonds is 8. The number of likely N-dealkylation sites (N-methyl/N-ethyl adjacent to an activating group) is 1. The van der Waals surface area contributed by atoms with E-state index in [1.54, 1.807) is 6.92 Å². The molecule has 0 saturated carbocycles. The smallest absolute Gasteiger partial charge is 0.320 e. The van der Waals surface area contributed by atoms with Crippen molar-refractivity contribution in [3.05, 3.63) is 35.9 Å². The average Bonchev–Trinajstić information content (AvgIpc) is 2.43. The van der Waals surface area contributed by atoms with Crippen molar-refractivity contribution in [2.45, 2.75) is 32.9 Å². The minimum atomic E-state index is -0.814. The van der Waals surface area contributed by atoms with Crippen LogP contribution in [0.15, 0.2) is 30.3 Å². The quantitative estimate of drug-likeness (QED) is 0.755. The van der Waals surface area contributed by atoms with Crippen LogP contribution in [0.1, 0.15) is 32.4 Å². The summed E-state index contributed by atoms with van der Waals surface area (Å²) >= 11 is 0. The van der Waals surface area contributed by atoms with Gasteiger partial charge in [-0.15, -0.1) is 0 Å². The standard InChI is InChI=1S/C15H24N2O2/c1-4-17(5-2)14(11-16-12(3)15(18)19)13-9-7-6-8-10-13/h6-10,12,14,16H,4-5,11H2,1-3H3,(H,18,19). The van der Waals surface area contributed by atoms with E-state index in [-0.39, 0.29) is 6.04 Å². The summed E-state index contributed by atoms with van der Waals surface area (Å²) in [5, 5.41) is 12.0. The van der Waals surface area contributed by atoms with E-state index >= 15 is 0 Å². The van der Waals surface area contributed by atoms with E-state index in [0.29, 0.717) is 6.54 Å². The van der Waals surface area contributed by atoms with Gasteiger partial charge in [-0.05, 0) is 25.6 Å². The monoisotopic (exact) mass is 264 g/mol. The maximum Gasteiger partial charge on any atom is 0.320 e. The van der Waals surface area contributed by atoms with E-state index in [0.717, 1.165) is 13.1 Å². The lowest BCUT2D eigenvalue weighted by atomic mass is 10.0. The van der Waals surface area contributed by atoms with Gasteiger partial charge in [0.25, 0.3) is 0 Å². The molecule has 0 aromatic heterocycles. The summed E-state index contributed by atoms with van der Waals surface area (Å²) in [6, 6.07) is 9.90. The number of carboxylic acid groups (broad SMARTS) is 1. The van der Waals surface area contributed by atoms with Crippen LogP contribution in [-0.4, -0.2) is 41.7 Å². The molecule has 0 fully saturated rings. The van der Waals surface area contributed by atoms with Gasteiger partial charge >= 0.3 is 5.97 Å². The summed E-state index contributed by atoms with van der Waals surface area (Å²) in [6.07, 6.45) is 0. The fourth-order valence-electron chi connectivity index (χ4n) is 2.17. The van der Waals surface area contributed by atoms with Crippen LogP contribution in [0.25, 0.3) is 0 Å². The summed E-state index contributed by atoms with van der Waals surface area (Å²) in [6.45, 7) is 8.45. The van der Waals surface area contributed by atoms with Gasteiger partial charge in [-0.3, -0.25) is 9.69 Å². The molecule has 2 atom stereocenters. The van der Waals surface area contributed by atoms with E-state index < -0.39 is 12.0 Å². The molecule has 19 heavy (non-hydrogen) atoms. The third-order valence-corrected chi connectivity index (χ3v) is 3.43. The Kier molecular flexibility index (Phi) is 6.53. The number of hydrogen-bond donors (Lipinski definition) is 2. The molecule has 0 aliphatic heterocycles. The molecule has 0 amide bonds. The Hall–Kier alpha value is -1.39. The molecule has 106 valence electrons. The fourth-order valence-corrected chi connectivity index (χ4v) is 2.17. The van der Waals surface area contributed by atoms with Gasteiger partial charge in [-0.25, -0.2) is 0 Å². The van der Waals surface area contributed by atoms with Crippen LogP contribution in [0.3, 0.4) is 0 Å². The molecule has 1 aromatic rings. The van der Waals surface area contributed by atoms with Gasteiger partial charge in [-0.2, -0.15) is 0 Å². The number of nitrogens with zero attached hydrogens (tertiary/aromatic N) is 1. The second-order valence-corrected chi connectivity index (χ2v) is 4.62. The normalized spacial score (nSPS) is 14.3. The summed E-state index contributed by atoms with van der Waals surface area (Å²) in [4.78, 5) is 13.2. The first kappa shape index (κ1) is 15.7. The minimum absolute atomic E-state index is 0.206. The summed E-state index contributed by atoms with van der Waals surface area (Å²) in [5.74, 6) is -0.814. The van der Waals surface area contributed by atoms with Gasteiger partial charge < -0.3 is 10.4 Å². The number of carbonyl (C=O) groups is 1. The van der Waals surface area contributed by atoms with Gasteiger partial charge in [0.1, 0.15) is 6.04 Å². The number of benzene rings is 1. The van der Waals surface area contributed by atoms with Crippen molar-refractivity contribution >= 4 is 5.97 Å². The Morgan fingerprint density at radius 2 is 1.84 bits per heavy atom. The number of hydrogen-bond acceptors (Lipinski definition) is 3. The molecule has 4 heteroatoms. The largest absolute Gasteiger partial charge is 0.480 e. The van der Waals surface area contributed by atoms with Crippen molar-refractivity contribution in [2.75, 3.05) is 19.6 Å². The van der Waals surface area contributed by atoms with Crippen LogP contribution in [0, 0.1) is 0 Å². The van der Waals surface area contributed by atoms with Gasteiger partial charge in [0.2, 0.25) is 0 Å². The maximum atomic E-state index is 10.9.